The first kappa shape index (κ1) is 21.3. The molecule has 1 N–H and O–H groups in total. The van der Waals surface area contributed by atoms with Crippen LogP contribution in [0.15, 0.2) is 30.3 Å². The third kappa shape index (κ3) is 5.35. The largest absolute Gasteiger partial charge is 0.432 e. The van der Waals surface area contributed by atoms with Crippen LogP contribution in [0, 0.1) is 5.82 Å². The fraction of sp³-hybridized carbons (Fsp3) is 0.500. The van der Waals surface area contributed by atoms with E-state index in [0.717, 1.165) is 25.8 Å². The molecule has 1 atom stereocenters. The summed E-state index contributed by atoms with van der Waals surface area (Å²) in [5.41, 5.74) is -1.11. The van der Waals surface area contributed by atoms with Gasteiger partial charge in [0, 0.05) is 37.3 Å². The monoisotopic (exact) mass is 412 g/mol. The number of H-pyrrole nitrogens is 1. The number of rotatable bonds is 6. The van der Waals surface area contributed by atoms with E-state index in [2.05, 4.69) is 16.9 Å². The lowest BCUT2D eigenvalue weighted by atomic mass is 10.0. The maximum atomic E-state index is 14.1. The van der Waals surface area contributed by atoms with Crippen LogP contribution in [0.1, 0.15) is 47.9 Å². The van der Waals surface area contributed by atoms with Crippen molar-refractivity contribution in [3.63, 3.8) is 0 Å². The van der Waals surface area contributed by atoms with E-state index in [4.69, 9.17) is 0 Å². The lowest BCUT2D eigenvalue weighted by Crippen LogP contribution is -2.44. The minimum Gasteiger partial charge on any atom is -0.332 e. The Labute approximate surface area is 166 Å². The standard InChI is InChI=1S/C20H24F4N4O/c1-14-6-4-5-9-27(14)10-11-28(13-15-7-2-3-8-16(15)21)19(29)17-12-18(26-25-17)20(22,23)24/h2-3,7-8,12,14H,4-6,9-11,13H2,1H3,(H,25,26). The van der Waals surface area contributed by atoms with E-state index < -0.39 is 23.6 Å². The van der Waals surface area contributed by atoms with Crippen LogP contribution >= 0.6 is 0 Å². The van der Waals surface area contributed by atoms with Crippen LogP contribution in [-0.4, -0.2) is 51.6 Å². The van der Waals surface area contributed by atoms with Gasteiger partial charge in [-0.25, -0.2) is 4.39 Å². The predicted molar refractivity (Wildman–Crippen MR) is 99.6 cm³/mol. The summed E-state index contributed by atoms with van der Waals surface area (Å²) in [6.07, 6.45) is -1.33. The molecule has 0 saturated carbocycles. The molecule has 0 bridgehead atoms. The molecule has 1 aromatic carbocycles. The number of aromatic nitrogens is 2. The van der Waals surface area contributed by atoms with Gasteiger partial charge < -0.3 is 4.90 Å². The second-order valence-corrected chi connectivity index (χ2v) is 7.36. The maximum absolute atomic E-state index is 14.1. The molecule has 0 spiro atoms. The summed E-state index contributed by atoms with van der Waals surface area (Å²) in [5, 5.41) is 5.40. The van der Waals surface area contributed by atoms with Crippen molar-refractivity contribution in [2.75, 3.05) is 19.6 Å². The molecule has 29 heavy (non-hydrogen) atoms. The Kier molecular flexibility index (Phi) is 6.56. The van der Waals surface area contributed by atoms with Gasteiger partial charge >= 0.3 is 6.18 Å². The minimum absolute atomic E-state index is 0.0397. The van der Waals surface area contributed by atoms with E-state index in [1.807, 2.05) is 5.10 Å². The molecule has 158 valence electrons. The van der Waals surface area contributed by atoms with Crippen LogP contribution in [0.5, 0.6) is 0 Å². The molecule has 2 heterocycles. The average Bonchev–Trinajstić information content (AvgIpc) is 3.18. The highest BCUT2D eigenvalue weighted by atomic mass is 19.4. The number of piperidine rings is 1. The number of alkyl halides is 3. The number of hydrogen-bond donors (Lipinski definition) is 1. The number of nitrogens with one attached hydrogen (secondary N) is 1. The number of likely N-dealkylation sites (tertiary alicyclic amines) is 1. The summed E-state index contributed by atoms with van der Waals surface area (Å²) in [6.45, 7) is 3.82. The number of carbonyl (C=O) groups excluding carboxylic acids is 1. The van der Waals surface area contributed by atoms with E-state index in [1.54, 1.807) is 18.2 Å². The average molecular weight is 412 g/mol. The van der Waals surface area contributed by atoms with E-state index in [1.165, 1.54) is 11.0 Å². The van der Waals surface area contributed by atoms with Crippen molar-refractivity contribution in [3.8, 4) is 0 Å². The van der Waals surface area contributed by atoms with Crippen molar-refractivity contribution in [1.29, 1.82) is 0 Å². The first-order valence-electron chi connectivity index (χ1n) is 9.65. The van der Waals surface area contributed by atoms with Crippen LogP contribution in [0.3, 0.4) is 0 Å². The van der Waals surface area contributed by atoms with E-state index in [0.29, 0.717) is 24.2 Å². The van der Waals surface area contributed by atoms with E-state index >= 15 is 0 Å². The SMILES string of the molecule is CC1CCCCN1CCN(Cc1ccccc1F)C(=O)c1cc(C(F)(F)F)[nH]n1. The molecule has 1 aliphatic heterocycles. The van der Waals surface area contributed by atoms with E-state index in [9.17, 15) is 22.4 Å². The Morgan fingerprint density at radius 2 is 2.07 bits per heavy atom. The van der Waals surface area contributed by atoms with Crippen molar-refractivity contribution in [2.24, 2.45) is 0 Å². The number of halogens is 4. The number of carbonyl (C=O) groups is 1. The molecular weight excluding hydrogens is 388 g/mol. The Bertz CT molecular complexity index is 836. The number of hydrogen-bond acceptors (Lipinski definition) is 3. The van der Waals surface area contributed by atoms with Gasteiger partial charge in [0.25, 0.3) is 5.91 Å². The summed E-state index contributed by atoms with van der Waals surface area (Å²) in [7, 11) is 0. The summed E-state index contributed by atoms with van der Waals surface area (Å²) in [6, 6.07) is 7.12. The molecule has 0 radical (unpaired) electrons. The van der Waals surface area contributed by atoms with Gasteiger partial charge in [0.2, 0.25) is 0 Å². The number of benzene rings is 1. The highest BCUT2D eigenvalue weighted by Gasteiger charge is 2.34. The molecule has 1 unspecified atom stereocenters. The van der Waals surface area contributed by atoms with Crippen LogP contribution < -0.4 is 0 Å². The quantitative estimate of drug-likeness (QED) is 0.728. The molecule has 1 fully saturated rings. The zero-order valence-electron chi connectivity index (χ0n) is 16.2. The molecule has 9 heteroatoms. The summed E-state index contributed by atoms with van der Waals surface area (Å²) in [5.74, 6) is -1.13. The third-order valence-corrected chi connectivity index (χ3v) is 5.31. The Morgan fingerprint density at radius 1 is 1.31 bits per heavy atom. The molecule has 0 aliphatic carbocycles. The van der Waals surface area contributed by atoms with Crippen molar-refractivity contribution in [2.45, 2.75) is 44.9 Å². The molecule has 1 aliphatic rings. The van der Waals surface area contributed by atoms with Crippen molar-refractivity contribution in [1.82, 2.24) is 20.0 Å². The number of aromatic amines is 1. The van der Waals surface area contributed by atoms with Gasteiger partial charge in [-0.15, -0.1) is 0 Å². The van der Waals surface area contributed by atoms with Gasteiger partial charge in [-0.2, -0.15) is 18.3 Å². The van der Waals surface area contributed by atoms with Gasteiger partial charge in [-0.1, -0.05) is 24.6 Å². The van der Waals surface area contributed by atoms with Crippen molar-refractivity contribution < 1.29 is 22.4 Å². The van der Waals surface area contributed by atoms with Gasteiger partial charge in [0.05, 0.1) is 0 Å². The molecular formula is C20H24F4N4O. The summed E-state index contributed by atoms with van der Waals surface area (Å²) in [4.78, 5) is 16.5. The first-order chi connectivity index (χ1) is 13.8. The lowest BCUT2D eigenvalue weighted by Gasteiger charge is -2.35. The molecule has 1 saturated heterocycles. The zero-order chi connectivity index (χ0) is 21.0. The zero-order valence-corrected chi connectivity index (χ0v) is 16.2. The number of nitrogens with zero attached hydrogens (tertiary/aromatic N) is 3. The Morgan fingerprint density at radius 3 is 2.72 bits per heavy atom. The van der Waals surface area contributed by atoms with E-state index in [-0.39, 0.29) is 18.8 Å². The molecule has 5 nitrogen and oxygen atoms in total. The molecule has 2 aromatic rings. The highest BCUT2D eigenvalue weighted by Crippen LogP contribution is 2.28. The normalized spacial score (nSPS) is 18.0. The van der Waals surface area contributed by atoms with Crippen molar-refractivity contribution in [3.05, 3.63) is 53.1 Å². The fourth-order valence-corrected chi connectivity index (χ4v) is 3.56. The Hall–Kier alpha value is -2.42. The highest BCUT2D eigenvalue weighted by molar-refractivity contribution is 5.92. The summed E-state index contributed by atoms with van der Waals surface area (Å²) >= 11 is 0. The molecule has 1 amide bonds. The van der Waals surface area contributed by atoms with Gasteiger partial charge in [0.15, 0.2) is 5.69 Å². The van der Waals surface area contributed by atoms with Gasteiger partial charge in [-0.05, 0) is 32.4 Å². The van der Waals surface area contributed by atoms with Crippen molar-refractivity contribution >= 4 is 5.91 Å². The fourth-order valence-electron chi connectivity index (χ4n) is 3.56. The lowest BCUT2D eigenvalue weighted by molar-refractivity contribution is -0.141. The third-order valence-electron chi connectivity index (χ3n) is 5.31. The topological polar surface area (TPSA) is 52.2 Å². The second-order valence-electron chi connectivity index (χ2n) is 7.36. The first-order valence-corrected chi connectivity index (χ1v) is 9.65. The molecule has 1 aromatic heterocycles. The van der Waals surface area contributed by atoms with Crippen LogP contribution in [0.25, 0.3) is 0 Å². The smallest absolute Gasteiger partial charge is 0.332 e. The van der Waals surface area contributed by atoms with Crippen LogP contribution in [0.2, 0.25) is 0 Å². The Balaban J connectivity index is 1.78. The number of amides is 1. The molecule has 3 rings (SSSR count). The maximum Gasteiger partial charge on any atom is 0.432 e. The minimum atomic E-state index is -4.62. The van der Waals surface area contributed by atoms with Crippen LogP contribution in [-0.2, 0) is 12.7 Å². The van der Waals surface area contributed by atoms with Gasteiger partial charge in [0.1, 0.15) is 11.5 Å². The van der Waals surface area contributed by atoms with Gasteiger partial charge in [-0.3, -0.25) is 14.8 Å². The van der Waals surface area contributed by atoms with Crippen LogP contribution in [0.4, 0.5) is 17.6 Å². The summed E-state index contributed by atoms with van der Waals surface area (Å²) < 4.78 is 52.7. The second kappa shape index (κ2) is 8.94. The predicted octanol–water partition coefficient (Wildman–Crippen LogP) is 4.08.